The third kappa shape index (κ3) is 10.1. The maximum Gasteiger partial charge on any atom is 0.213 e. The summed E-state index contributed by atoms with van der Waals surface area (Å²) >= 11 is 12.0. The maximum absolute atomic E-state index is 12.4. The van der Waals surface area contributed by atoms with Gasteiger partial charge >= 0.3 is 0 Å². The zero-order chi connectivity index (χ0) is 39.4. The van der Waals surface area contributed by atoms with Gasteiger partial charge in [0.25, 0.3) is 0 Å². The van der Waals surface area contributed by atoms with Crippen LogP contribution in [0.2, 0.25) is 10.0 Å². The van der Waals surface area contributed by atoms with E-state index in [1.165, 1.54) is 20.8 Å². The number of para-hydroxylation sites is 3. The predicted octanol–water partition coefficient (Wildman–Crippen LogP) is 13.2. The monoisotopic (exact) mass is 804 g/mol. The highest BCUT2D eigenvalue weighted by Crippen LogP contribution is 2.51. The van der Waals surface area contributed by atoms with Crippen LogP contribution in [0.3, 0.4) is 0 Å². The van der Waals surface area contributed by atoms with Gasteiger partial charge in [-0.25, -0.2) is 0 Å². The number of carboxylic acid groups (broad SMARTS) is 1. The van der Waals surface area contributed by atoms with Crippen molar-refractivity contribution >= 4 is 40.1 Å². The summed E-state index contributed by atoms with van der Waals surface area (Å²) in [4.78, 5) is 16.2. The van der Waals surface area contributed by atoms with Crippen molar-refractivity contribution in [1.29, 1.82) is 0 Å². The minimum absolute atomic E-state index is 0.0847. The van der Waals surface area contributed by atoms with Gasteiger partial charge in [-0.15, -0.1) is 0 Å². The van der Waals surface area contributed by atoms with Crippen LogP contribution < -0.4 is 19.3 Å². The van der Waals surface area contributed by atoms with E-state index in [1.807, 2.05) is 115 Å². The molecular weight excluding hydrogens is 772 g/mol. The van der Waals surface area contributed by atoms with E-state index in [4.69, 9.17) is 37.4 Å². The molecule has 8 rings (SSSR count). The van der Waals surface area contributed by atoms with E-state index >= 15 is 0 Å². The molecule has 0 N–H and O–H groups in total. The summed E-state index contributed by atoms with van der Waals surface area (Å²) < 4.78 is 18.8. The van der Waals surface area contributed by atoms with Crippen molar-refractivity contribution in [1.82, 2.24) is 0 Å². The first-order valence-corrected chi connectivity index (χ1v) is 19.9. The average molecular weight is 806 g/mol. The van der Waals surface area contributed by atoms with Crippen molar-refractivity contribution in [2.45, 2.75) is 14.7 Å². The van der Waals surface area contributed by atoms with Crippen LogP contribution in [0, 0.1) is 0 Å². The van der Waals surface area contributed by atoms with Crippen LogP contribution in [-0.4, -0.2) is 5.97 Å². The molecule has 5 nitrogen and oxygen atoms in total. The second kappa shape index (κ2) is 18.9. The minimum Gasteiger partial charge on any atom is -0.545 e. The van der Waals surface area contributed by atoms with Crippen LogP contribution in [0.25, 0.3) is 11.1 Å². The Morgan fingerprint density at radius 2 is 0.807 bits per heavy atom. The Morgan fingerprint density at radius 1 is 0.439 bits per heavy atom. The molecule has 0 aliphatic heterocycles. The van der Waals surface area contributed by atoms with Gasteiger partial charge in [-0.3, -0.25) is 0 Å². The fourth-order valence-corrected chi connectivity index (χ4v) is 8.19. The van der Waals surface area contributed by atoms with Crippen LogP contribution in [-0.2, 0) is 10.9 Å². The highest BCUT2D eigenvalue weighted by atomic mass is 35.5. The van der Waals surface area contributed by atoms with Gasteiger partial charge in [-0.1, -0.05) is 126 Å². The number of carbonyl (C=O) groups is 1. The van der Waals surface area contributed by atoms with Gasteiger partial charge in [0, 0.05) is 21.2 Å². The number of carbonyl (C=O) groups excluding carboxylic acids is 1. The standard InChI is InChI=1S/C31H22O5.C18H13Cl2S/c32-31(33)26-21-27(34-23-15-7-2-8-16-23)29(35-24-17-9-3-10-18-24)30(36-25-19-11-4-12-20-25)28(26)22-13-5-1-6-14-22;19-14-6-10-17(11-7-14)21(16-4-2-1-3-5-16)18-12-8-15(20)9-13-18/h1-21H,(H,32,33);1-13H/q;+1/p-1. The second-order valence-electron chi connectivity index (χ2n) is 12.4. The Labute approximate surface area is 344 Å². The summed E-state index contributed by atoms with van der Waals surface area (Å²) in [6.07, 6.45) is 0. The third-order valence-electron chi connectivity index (χ3n) is 8.46. The summed E-state index contributed by atoms with van der Waals surface area (Å²) in [5.41, 5.74) is 0.871. The van der Waals surface area contributed by atoms with E-state index in [0.29, 0.717) is 28.4 Å². The Hall–Kier alpha value is -6.44. The van der Waals surface area contributed by atoms with Gasteiger partial charge in [-0.05, 0) is 109 Å². The highest BCUT2D eigenvalue weighted by molar-refractivity contribution is 7.97. The van der Waals surface area contributed by atoms with Crippen molar-refractivity contribution in [3.05, 3.63) is 222 Å². The first-order chi connectivity index (χ1) is 27.9. The zero-order valence-corrected chi connectivity index (χ0v) is 32.7. The summed E-state index contributed by atoms with van der Waals surface area (Å²) in [7, 11) is -0.148. The molecular formula is C49H34Cl2O5S. The average Bonchev–Trinajstić information content (AvgIpc) is 3.25. The SMILES string of the molecule is Clc1ccc([S+](c2ccccc2)c2ccc(Cl)cc2)cc1.O=C([O-])c1cc(Oc2ccccc2)c(Oc2ccccc2)c(Oc2ccccc2)c1-c1ccccc1. The van der Waals surface area contributed by atoms with Gasteiger partial charge in [0.1, 0.15) is 17.2 Å². The van der Waals surface area contributed by atoms with E-state index in [9.17, 15) is 9.90 Å². The Kier molecular flexibility index (Phi) is 12.9. The number of aromatic carboxylic acids is 1. The number of rotatable bonds is 11. The molecule has 0 radical (unpaired) electrons. The van der Waals surface area contributed by atoms with E-state index in [0.717, 1.165) is 10.0 Å². The smallest absolute Gasteiger partial charge is 0.213 e. The van der Waals surface area contributed by atoms with E-state index < -0.39 is 5.97 Å². The third-order valence-corrected chi connectivity index (χ3v) is 11.2. The molecule has 0 aliphatic rings. The summed E-state index contributed by atoms with van der Waals surface area (Å²) in [6, 6.07) is 64.5. The van der Waals surface area contributed by atoms with Gasteiger partial charge in [0.2, 0.25) is 5.75 Å². The number of hydrogen-bond acceptors (Lipinski definition) is 5. The van der Waals surface area contributed by atoms with Crippen molar-refractivity contribution < 1.29 is 24.1 Å². The minimum atomic E-state index is -1.36. The maximum atomic E-state index is 12.4. The topological polar surface area (TPSA) is 67.8 Å². The first-order valence-electron chi connectivity index (χ1n) is 17.9. The van der Waals surface area contributed by atoms with Crippen LogP contribution in [0.15, 0.2) is 221 Å². The van der Waals surface area contributed by atoms with Gasteiger partial charge in [-0.2, -0.15) is 0 Å². The normalized spacial score (nSPS) is 10.6. The lowest BCUT2D eigenvalue weighted by Crippen LogP contribution is -2.23. The van der Waals surface area contributed by atoms with E-state index in [1.54, 1.807) is 36.4 Å². The van der Waals surface area contributed by atoms with Crippen LogP contribution in [0.4, 0.5) is 0 Å². The molecule has 0 unspecified atom stereocenters. The lowest BCUT2D eigenvalue weighted by molar-refractivity contribution is -0.255. The Morgan fingerprint density at radius 3 is 1.25 bits per heavy atom. The molecule has 0 heterocycles. The molecule has 0 atom stereocenters. The number of hydrogen-bond donors (Lipinski definition) is 0. The molecule has 0 aromatic heterocycles. The van der Waals surface area contributed by atoms with Crippen LogP contribution in [0.5, 0.6) is 34.5 Å². The predicted molar refractivity (Wildman–Crippen MR) is 227 cm³/mol. The number of carboxylic acids is 1. The van der Waals surface area contributed by atoms with Gasteiger partial charge in [0.05, 0.1) is 16.9 Å². The molecule has 8 aromatic rings. The molecule has 0 saturated carbocycles. The largest absolute Gasteiger partial charge is 0.545 e. The van der Waals surface area contributed by atoms with Crippen LogP contribution in [0.1, 0.15) is 10.4 Å². The lowest BCUT2D eigenvalue weighted by Gasteiger charge is -2.23. The van der Waals surface area contributed by atoms with Crippen molar-refractivity contribution in [3.8, 4) is 45.6 Å². The second-order valence-corrected chi connectivity index (χ2v) is 15.3. The van der Waals surface area contributed by atoms with Crippen molar-refractivity contribution in [2.24, 2.45) is 0 Å². The molecule has 0 amide bonds. The molecule has 0 bridgehead atoms. The number of halogens is 2. The van der Waals surface area contributed by atoms with E-state index in [2.05, 4.69) is 48.5 Å². The van der Waals surface area contributed by atoms with Crippen molar-refractivity contribution in [2.75, 3.05) is 0 Å². The fourth-order valence-electron chi connectivity index (χ4n) is 5.87. The summed E-state index contributed by atoms with van der Waals surface area (Å²) in [5, 5.41) is 13.9. The molecule has 8 aromatic carbocycles. The summed E-state index contributed by atoms with van der Waals surface area (Å²) in [6.45, 7) is 0. The molecule has 280 valence electrons. The Balaban J connectivity index is 0.000000200. The molecule has 57 heavy (non-hydrogen) atoms. The fraction of sp³-hybridized carbons (Fsp3) is 0. The number of ether oxygens (including phenoxy) is 3. The first kappa shape index (κ1) is 38.8. The van der Waals surface area contributed by atoms with E-state index in [-0.39, 0.29) is 33.7 Å². The molecule has 0 saturated heterocycles. The zero-order valence-electron chi connectivity index (χ0n) is 30.3. The molecule has 0 spiro atoms. The highest BCUT2D eigenvalue weighted by Gasteiger charge is 2.29. The Bertz CT molecular complexity index is 2460. The molecule has 8 heteroatoms. The van der Waals surface area contributed by atoms with Crippen molar-refractivity contribution in [3.63, 3.8) is 0 Å². The molecule has 0 aliphatic carbocycles. The lowest BCUT2D eigenvalue weighted by atomic mass is 9.97. The van der Waals surface area contributed by atoms with Gasteiger partial charge in [0.15, 0.2) is 26.2 Å². The summed E-state index contributed by atoms with van der Waals surface area (Å²) in [5.74, 6) is 0.799. The molecule has 0 fully saturated rings. The number of benzene rings is 8. The quantitative estimate of drug-likeness (QED) is 0.122. The van der Waals surface area contributed by atoms with Crippen LogP contribution >= 0.6 is 23.2 Å². The van der Waals surface area contributed by atoms with Gasteiger partial charge < -0.3 is 24.1 Å².